The molecule has 1 aliphatic carbocycles. The van der Waals surface area contributed by atoms with Crippen molar-refractivity contribution in [3.63, 3.8) is 0 Å². The van der Waals surface area contributed by atoms with Crippen LogP contribution in [-0.2, 0) is 16.0 Å². The topological polar surface area (TPSA) is 154 Å². The van der Waals surface area contributed by atoms with E-state index in [1.54, 1.807) is 40.1 Å². The number of piperidine rings is 2. The molecule has 4 saturated heterocycles. The van der Waals surface area contributed by atoms with Crippen molar-refractivity contribution in [1.82, 2.24) is 45.3 Å². The Kier molecular flexibility index (Phi) is 15.2. The third kappa shape index (κ3) is 11.1. The summed E-state index contributed by atoms with van der Waals surface area (Å²) in [4.78, 5) is 77.3. The quantitative estimate of drug-likeness (QED) is 0.182. The second kappa shape index (κ2) is 21.8. The predicted molar refractivity (Wildman–Crippen MR) is 255 cm³/mol. The number of fused-ring (bicyclic) bond motifs is 1. The molecule has 1 aromatic heterocycles. The third-order valence-electron chi connectivity index (χ3n) is 15.3. The minimum absolute atomic E-state index is 0.0130. The number of halogens is 2. The fourth-order valence-corrected chi connectivity index (χ4v) is 11.2. The van der Waals surface area contributed by atoms with E-state index in [1.807, 2.05) is 17.0 Å². The zero-order valence-electron chi connectivity index (χ0n) is 39.0. The van der Waals surface area contributed by atoms with Gasteiger partial charge >= 0.3 is 0 Å². The molecule has 0 spiro atoms. The summed E-state index contributed by atoms with van der Waals surface area (Å²) in [5.74, 6) is -1.01. The lowest BCUT2D eigenvalue weighted by atomic mass is 9.83. The lowest BCUT2D eigenvalue weighted by Crippen LogP contribution is -2.57. The van der Waals surface area contributed by atoms with Crippen LogP contribution in [0, 0.1) is 23.5 Å². The van der Waals surface area contributed by atoms with E-state index in [0.29, 0.717) is 97.9 Å². The number of hydrogen-bond donors (Lipinski definition) is 3. The minimum Gasteiger partial charge on any atom is -0.340 e. The number of amides is 4. The Balaban J connectivity index is 0.709. The van der Waals surface area contributed by atoms with Crippen LogP contribution in [0.3, 0.4) is 0 Å². The number of nitrogens with one attached hydrogen (secondary N) is 3. The van der Waals surface area contributed by atoms with Crippen LogP contribution in [0.1, 0.15) is 101 Å². The van der Waals surface area contributed by atoms with Gasteiger partial charge in [0.2, 0.25) is 11.8 Å². The van der Waals surface area contributed by atoms with E-state index in [1.165, 1.54) is 18.2 Å². The first kappa shape index (κ1) is 47.5. The highest BCUT2D eigenvalue weighted by atomic mass is 19.1. The number of nitrogens with zero attached hydrogens (tertiary/aromatic N) is 6. The average Bonchev–Trinajstić information content (AvgIpc) is 3.38. The van der Waals surface area contributed by atoms with E-state index in [-0.39, 0.29) is 46.5 Å². The molecule has 4 aliphatic heterocycles. The van der Waals surface area contributed by atoms with Crippen LogP contribution < -0.4 is 16.2 Å². The Morgan fingerprint density at radius 2 is 1.43 bits per heavy atom. The van der Waals surface area contributed by atoms with Gasteiger partial charge in [0.25, 0.3) is 17.4 Å². The van der Waals surface area contributed by atoms with Crippen molar-refractivity contribution in [2.24, 2.45) is 11.8 Å². The van der Waals surface area contributed by atoms with Gasteiger partial charge in [0, 0.05) is 82.8 Å². The first-order chi connectivity index (χ1) is 33.1. The van der Waals surface area contributed by atoms with E-state index in [9.17, 15) is 28.4 Å². The van der Waals surface area contributed by atoms with Crippen LogP contribution in [0.2, 0.25) is 0 Å². The molecule has 362 valence electrons. The SMILES string of the molecule is O=C(N[C@@H](C(=O)N1CCN(CC2CCN(CC(=O)N3CCN(C(=O)c4cc(Cc5n[nH]c(=O)c6ccccc56)ccc4F)CC3)CC2)CC1)C1CCCCC1)c1ccc(F)c(C2CCCNC2)c1. The second-order valence-corrected chi connectivity index (χ2v) is 19.7. The summed E-state index contributed by atoms with van der Waals surface area (Å²) in [6.07, 6.45) is 9.13. The standard InChI is InChI=1S/C52H65F2N9O5/c53-44-15-13-38(31-42(44)39-9-6-18-55-32-39)49(65)56-48(37-7-2-1-3-8-37)52(68)63-23-21-60(22-24-63)33-35-16-19-59(20-17-35)34-47(64)61-25-27-62(28-26-61)51(67)43-29-36(12-14-45(43)54)30-46-40-10-4-5-11-41(40)50(66)58-57-46/h4-5,10-15,29,31,35,37,39,48,55H,1-3,6-9,16-28,30,32-34H2,(H,56,65)(H,58,66)/t39?,48-/m1/s1. The van der Waals surface area contributed by atoms with Gasteiger partial charge in [-0.25, -0.2) is 13.9 Å². The van der Waals surface area contributed by atoms with Gasteiger partial charge in [-0.05, 0) is 123 Å². The van der Waals surface area contributed by atoms with Crippen molar-refractivity contribution in [2.45, 2.75) is 76.2 Å². The number of aromatic nitrogens is 2. The van der Waals surface area contributed by atoms with Crippen molar-refractivity contribution in [2.75, 3.05) is 91.6 Å². The molecular formula is C52H65F2N9O5. The smallest absolute Gasteiger partial charge is 0.272 e. The predicted octanol–water partition coefficient (Wildman–Crippen LogP) is 4.78. The monoisotopic (exact) mass is 934 g/mol. The number of aromatic amines is 1. The molecule has 0 bridgehead atoms. The summed E-state index contributed by atoms with van der Waals surface area (Å²) >= 11 is 0. The molecule has 2 atom stereocenters. The Labute approximate surface area is 396 Å². The highest BCUT2D eigenvalue weighted by Crippen LogP contribution is 2.30. The van der Waals surface area contributed by atoms with Crippen molar-refractivity contribution >= 4 is 34.4 Å². The van der Waals surface area contributed by atoms with Crippen LogP contribution >= 0.6 is 0 Å². The van der Waals surface area contributed by atoms with Crippen molar-refractivity contribution in [3.05, 3.63) is 111 Å². The number of piperazine rings is 2. The van der Waals surface area contributed by atoms with Gasteiger partial charge in [0.15, 0.2) is 0 Å². The number of likely N-dealkylation sites (tertiary alicyclic amines) is 1. The fourth-order valence-electron chi connectivity index (χ4n) is 11.2. The summed E-state index contributed by atoms with van der Waals surface area (Å²) in [5, 5.41) is 14.5. The van der Waals surface area contributed by atoms with E-state index in [4.69, 9.17) is 0 Å². The molecular weight excluding hydrogens is 869 g/mol. The molecule has 9 rings (SSSR count). The largest absolute Gasteiger partial charge is 0.340 e. The minimum atomic E-state index is -0.608. The lowest BCUT2D eigenvalue weighted by Gasteiger charge is -2.41. The second-order valence-electron chi connectivity index (χ2n) is 19.7. The number of hydrogen-bond acceptors (Lipinski definition) is 9. The number of benzene rings is 3. The van der Waals surface area contributed by atoms with Crippen molar-refractivity contribution in [3.8, 4) is 0 Å². The Hall–Kier alpha value is -5.58. The molecule has 14 nitrogen and oxygen atoms in total. The molecule has 1 saturated carbocycles. The van der Waals surface area contributed by atoms with Gasteiger partial charge in [-0.2, -0.15) is 5.10 Å². The molecule has 5 fully saturated rings. The molecule has 1 unspecified atom stereocenters. The van der Waals surface area contributed by atoms with E-state index >= 15 is 4.39 Å². The number of H-pyrrole nitrogens is 1. The number of carbonyl (C=O) groups excluding carboxylic acids is 4. The molecule has 3 N–H and O–H groups in total. The zero-order chi connectivity index (χ0) is 47.1. The maximum absolute atomic E-state index is 15.1. The van der Waals surface area contributed by atoms with Gasteiger partial charge < -0.3 is 25.3 Å². The molecule has 68 heavy (non-hydrogen) atoms. The number of rotatable bonds is 12. The summed E-state index contributed by atoms with van der Waals surface area (Å²) in [6, 6.07) is 15.6. The van der Waals surface area contributed by atoms with E-state index < -0.39 is 17.8 Å². The Morgan fingerprint density at radius 3 is 2.16 bits per heavy atom. The fraction of sp³-hybridized carbons (Fsp3) is 0.538. The third-order valence-corrected chi connectivity index (χ3v) is 15.3. The summed E-state index contributed by atoms with van der Waals surface area (Å²) in [7, 11) is 0. The molecule has 3 aromatic carbocycles. The average molecular weight is 934 g/mol. The van der Waals surface area contributed by atoms with E-state index in [2.05, 4.69) is 30.6 Å². The Morgan fingerprint density at radius 1 is 0.721 bits per heavy atom. The molecule has 4 amide bonds. The van der Waals surface area contributed by atoms with Crippen LogP contribution in [0.4, 0.5) is 8.78 Å². The lowest BCUT2D eigenvalue weighted by molar-refractivity contribution is -0.137. The molecule has 16 heteroatoms. The summed E-state index contributed by atoms with van der Waals surface area (Å²) < 4.78 is 30.0. The van der Waals surface area contributed by atoms with Crippen molar-refractivity contribution in [1.29, 1.82) is 0 Å². The maximum atomic E-state index is 15.1. The van der Waals surface area contributed by atoms with Gasteiger partial charge in [-0.3, -0.25) is 33.8 Å². The van der Waals surface area contributed by atoms with Crippen molar-refractivity contribution < 1.29 is 28.0 Å². The normalized spacial score (nSPS) is 20.9. The first-order valence-corrected chi connectivity index (χ1v) is 24.9. The van der Waals surface area contributed by atoms with Crippen LogP contribution in [0.15, 0.2) is 65.5 Å². The summed E-state index contributed by atoms with van der Waals surface area (Å²) in [6.45, 7) is 8.65. The molecule has 5 aliphatic rings. The molecule has 5 heterocycles. The number of carbonyl (C=O) groups is 4. The highest BCUT2D eigenvalue weighted by Gasteiger charge is 2.36. The maximum Gasteiger partial charge on any atom is 0.272 e. The zero-order valence-corrected chi connectivity index (χ0v) is 39.0. The summed E-state index contributed by atoms with van der Waals surface area (Å²) in [5.41, 5.74) is 1.98. The highest BCUT2D eigenvalue weighted by molar-refractivity contribution is 5.98. The van der Waals surface area contributed by atoms with Gasteiger partial charge in [0.1, 0.15) is 17.7 Å². The van der Waals surface area contributed by atoms with E-state index in [0.717, 1.165) is 97.1 Å². The molecule has 0 radical (unpaired) electrons. The van der Waals surface area contributed by atoms with Crippen LogP contribution in [-0.4, -0.2) is 156 Å². The van der Waals surface area contributed by atoms with Crippen LogP contribution in [0.25, 0.3) is 10.8 Å². The molecule has 4 aromatic rings. The first-order valence-electron chi connectivity index (χ1n) is 24.9. The van der Waals surface area contributed by atoms with Crippen LogP contribution in [0.5, 0.6) is 0 Å². The van der Waals surface area contributed by atoms with Gasteiger partial charge in [-0.1, -0.05) is 43.5 Å². The Bertz CT molecular complexity index is 2500. The van der Waals surface area contributed by atoms with Gasteiger partial charge in [0.05, 0.1) is 23.2 Å². The van der Waals surface area contributed by atoms with Gasteiger partial charge in [-0.15, -0.1) is 0 Å².